The molecule has 4 N–H and O–H groups in total. The Labute approximate surface area is 180 Å². The molecule has 5 rings (SSSR count). The summed E-state index contributed by atoms with van der Waals surface area (Å²) in [5.74, 6) is 0.245. The third-order valence-corrected chi connectivity index (χ3v) is 5.95. The van der Waals surface area contributed by atoms with Crippen molar-refractivity contribution in [2.45, 2.75) is 43.7 Å². The van der Waals surface area contributed by atoms with E-state index in [1.54, 1.807) is 24.8 Å². The first kappa shape index (κ1) is 20.6. The van der Waals surface area contributed by atoms with Gasteiger partial charge in [-0.15, -0.1) is 0 Å². The van der Waals surface area contributed by atoms with Crippen LogP contribution in [0.3, 0.4) is 0 Å². The van der Waals surface area contributed by atoms with E-state index in [9.17, 15) is 17.6 Å². The summed E-state index contributed by atoms with van der Waals surface area (Å²) < 4.78 is 53.6. The zero-order valence-electron chi connectivity index (χ0n) is 16.8. The number of pyridine rings is 1. The van der Waals surface area contributed by atoms with Crippen LogP contribution in [0.15, 0.2) is 43.0 Å². The Bertz CT molecular complexity index is 1270. The van der Waals surface area contributed by atoms with Crippen LogP contribution in [0.25, 0.3) is 32.9 Å². The molecule has 0 aliphatic heterocycles. The first-order chi connectivity index (χ1) is 15.3. The summed E-state index contributed by atoms with van der Waals surface area (Å²) in [6, 6.07) is 2.63. The summed E-state index contributed by atoms with van der Waals surface area (Å²) in [5, 5.41) is 4.29. The zero-order chi connectivity index (χ0) is 22.5. The van der Waals surface area contributed by atoms with Crippen molar-refractivity contribution >= 4 is 27.8 Å². The quantitative estimate of drug-likeness (QED) is 0.394. The number of aromatic nitrogens is 4. The van der Waals surface area contributed by atoms with Crippen LogP contribution in [0.2, 0.25) is 0 Å². The summed E-state index contributed by atoms with van der Waals surface area (Å²) in [6.45, 7) is 0. The average Bonchev–Trinajstić information content (AvgIpc) is 3.18. The fourth-order valence-corrected chi connectivity index (χ4v) is 4.27. The highest BCUT2D eigenvalue weighted by Gasteiger charge is 2.32. The lowest BCUT2D eigenvalue weighted by Crippen LogP contribution is -2.49. The molecule has 0 spiro atoms. The molecule has 1 saturated carbocycles. The first-order valence-electron chi connectivity index (χ1n) is 10.3. The number of nitrogens with one attached hydrogen (secondary N) is 2. The van der Waals surface area contributed by atoms with Crippen LogP contribution >= 0.6 is 0 Å². The minimum Gasteiger partial charge on any atom is -0.361 e. The molecule has 0 bridgehead atoms. The van der Waals surface area contributed by atoms with E-state index >= 15 is 0 Å². The summed E-state index contributed by atoms with van der Waals surface area (Å²) in [4.78, 5) is 16.0. The van der Waals surface area contributed by atoms with Crippen LogP contribution in [0, 0.1) is 0 Å². The van der Waals surface area contributed by atoms with Crippen LogP contribution in [0.1, 0.15) is 24.8 Å². The molecule has 4 aromatic rings. The highest BCUT2D eigenvalue weighted by atomic mass is 19.4. The number of nitrogens with two attached hydrogens (primary N) is 1. The smallest absolute Gasteiger partial charge is 0.361 e. The van der Waals surface area contributed by atoms with Crippen molar-refractivity contribution in [1.82, 2.24) is 19.9 Å². The van der Waals surface area contributed by atoms with Gasteiger partial charge in [0.05, 0.1) is 17.1 Å². The largest absolute Gasteiger partial charge is 0.416 e. The average molecular weight is 444 g/mol. The lowest BCUT2D eigenvalue weighted by atomic mass is 9.89. The molecule has 3 aromatic heterocycles. The number of nitrogens with zero attached hydrogens (tertiary/aromatic N) is 3. The number of hydrogen-bond acceptors (Lipinski definition) is 5. The molecule has 3 unspecified atom stereocenters. The maximum Gasteiger partial charge on any atom is 0.416 e. The van der Waals surface area contributed by atoms with E-state index in [-0.39, 0.29) is 12.0 Å². The number of H-pyrrole nitrogens is 1. The molecular weight excluding hydrogens is 424 g/mol. The maximum absolute atomic E-state index is 14.4. The molecule has 32 heavy (non-hydrogen) atoms. The Morgan fingerprint density at radius 1 is 1.09 bits per heavy atom. The van der Waals surface area contributed by atoms with Gasteiger partial charge in [-0.05, 0) is 31.4 Å². The first-order valence-corrected chi connectivity index (χ1v) is 10.3. The second kappa shape index (κ2) is 7.70. The van der Waals surface area contributed by atoms with Gasteiger partial charge >= 0.3 is 6.18 Å². The molecule has 6 nitrogen and oxygen atoms in total. The van der Waals surface area contributed by atoms with Crippen LogP contribution in [0.4, 0.5) is 23.5 Å². The van der Waals surface area contributed by atoms with Crippen molar-refractivity contribution < 1.29 is 17.6 Å². The van der Waals surface area contributed by atoms with Crippen molar-refractivity contribution in [2.75, 3.05) is 5.32 Å². The van der Waals surface area contributed by atoms with E-state index in [4.69, 9.17) is 5.73 Å². The lowest BCUT2D eigenvalue weighted by Gasteiger charge is -2.32. The van der Waals surface area contributed by atoms with Gasteiger partial charge in [-0.25, -0.2) is 14.4 Å². The molecule has 1 aromatic carbocycles. The standard InChI is InChI=1S/C22H20F4N6/c23-16-2-1-3-17(27)20(16)32-21-30-8-11-7-28-9-15(19(11)31-21)14-10-29-18-6-12(22(24,25)26)4-5-13(14)18/h4-10,16-17,20,29H,1-3,27H2,(H,30,31,32). The number of alkyl halides is 4. The van der Waals surface area contributed by atoms with Crippen LogP contribution in [0.5, 0.6) is 0 Å². The number of rotatable bonds is 3. The molecule has 0 radical (unpaired) electrons. The molecule has 166 valence electrons. The minimum absolute atomic E-state index is 0.245. The Morgan fingerprint density at radius 2 is 1.94 bits per heavy atom. The summed E-state index contributed by atoms with van der Waals surface area (Å²) in [6.07, 6.45) is 2.79. The molecule has 3 atom stereocenters. The lowest BCUT2D eigenvalue weighted by molar-refractivity contribution is -0.137. The van der Waals surface area contributed by atoms with E-state index < -0.39 is 24.0 Å². The van der Waals surface area contributed by atoms with Crippen LogP contribution in [-0.2, 0) is 6.18 Å². The van der Waals surface area contributed by atoms with Crippen LogP contribution < -0.4 is 11.1 Å². The van der Waals surface area contributed by atoms with Gasteiger partial charge in [-0.3, -0.25) is 4.98 Å². The zero-order valence-corrected chi connectivity index (χ0v) is 16.8. The van der Waals surface area contributed by atoms with Gasteiger partial charge in [-0.1, -0.05) is 6.07 Å². The molecule has 1 aliphatic carbocycles. The number of aromatic amines is 1. The predicted molar refractivity (Wildman–Crippen MR) is 114 cm³/mol. The van der Waals surface area contributed by atoms with Gasteiger partial charge in [0.25, 0.3) is 0 Å². The van der Waals surface area contributed by atoms with Crippen molar-refractivity contribution in [2.24, 2.45) is 5.73 Å². The maximum atomic E-state index is 14.4. The van der Waals surface area contributed by atoms with Gasteiger partial charge in [0.1, 0.15) is 6.17 Å². The van der Waals surface area contributed by atoms with E-state index in [1.807, 2.05) is 0 Å². The monoisotopic (exact) mass is 444 g/mol. The van der Waals surface area contributed by atoms with E-state index in [0.29, 0.717) is 39.4 Å². The fourth-order valence-electron chi connectivity index (χ4n) is 4.27. The van der Waals surface area contributed by atoms with E-state index in [2.05, 4.69) is 25.3 Å². The van der Waals surface area contributed by atoms with Gasteiger partial charge < -0.3 is 16.0 Å². The summed E-state index contributed by atoms with van der Waals surface area (Å²) in [7, 11) is 0. The van der Waals surface area contributed by atoms with Gasteiger partial charge in [0.15, 0.2) is 0 Å². The highest BCUT2D eigenvalue weighted by molar-refractivity contribution is 6.03. The molecule has 3 heterocycles. The number of anilines is 1. The molecule has 1 fully saturated rings. The Kier molecular flexibility index (Phi) is 4.96. The second-order valence-corrected chi connectivity index (χ2v) is 8.06. The van der Waals surface area contributed by atoms with Crippen LogP contribution in [-0.4, -0.2) is 38.2 Å². The van der Waals surface area contributed by atoms with Crippen molar-refractivity contribution in [1.29, 1.82) is 0 Å². The van der Waals surface area contributed by atoms with Gasteiger partial charge in [0.2, 0.25) is 5.95 Å². The topological polar surface area (TPSA) is 92.5 Å². The second-order valence-electron chi connectivity index (χ2n) is 8.06. The molecule has 0 saturated heterocycles. The van der Waals surface area contributed by atoms with Crippen molar-refractivity contribution in [3.63, 3.8) is 0 Å². The Morgan fingerprint density at radius 3 is 2.72 bits per heavy atom. The van der Waals surface area contributed by atoms with Gasteiger partial charge in [-0.2, -0.15) is 13.2 Å². The van der Waals surface area contributed by atoms with Crippen molar-refractivity contribution in [3.05, 3.63) is 48.5 Å². The third kappa shape index (κ3) is 3.64. The van der Waals surface area contributed by atoms with Crippen molar-refractivity contribution in [3.8, 4) is 11.1 Å². The molecule has 0 amide bonds. The van der Waals surface area contributed by atoms with E-state index in [1.165, 1.54) is 6.07 Å². The Hall–Kier alpha value is -3.27. The van der Waals surface area contributed by atoms with E-state index in [0.717, 1.165) is 25.0 Å². The molecule has 10 heteroatoms. The fraction of sp³-hybridized carbons (Fsp3) is 0.318. The third-order valence-electron chi connectivity index (χ3n) is 5.95. The number of hydrogen-bond donors (Lipinski definition) is 3. The SMILES string of the molecule is NC1CCCC(F)C1Nc1ncc2cncc(-c3c[nH]c4cc(C(F)(F)F)ccc34)c2n1. The predicted octanol–water partition coefficient (Wildman–Crippen LogP) is 4.82. The van der Waals surface area contributed by atoms with Gasteiger partial charge in [0, 0.05) is 58.2 Å². The molecule has 1 aliphatic rings. The highest BCUT2D eigenvalue weighted by Crippen LogP contribution is 2.36. The Balaban J connectivity index is 1.57. The normalized spacial score (nSPS) is 21.8. The minimum atomic E-state index is -4.43. The summed E-state index contributed by atoms with van der Waals surface area (Å²) >= 11 is 0. The summed E-state index contributed by atoms with van der Waals surface area (Å²) in [5.41, 5.74) is 7.56. The number of halogens is 4. The molecular formula is C22H20F4N6. The number of fused-ring (bicyclic) bond motifs is 2. The number of benzene rings is 1.